The van der Waals surface area contributed by atoms with E-state index in [0.29, 0.717) is 6.42 Å². The fourth-order valence-electron chi connectivity index (χ4n) is 5.74. The minimum absolute atomic E-state index is 0.138. The Morgan fingerprint density at radius 1 is 0.806 bits per heavy atom. The van der Waals surface area contributed by atoms with Gasteiger partial charge in [0.1, 0.15) is 5.82 Å². The van der Waals surface area contributed by atoms with Gasteiger partial charge in [0.05, 0.1) is 12.1 Å². The summed E-state index contributed by atoms with van der Waals surface area (Å²) in [4.78, 5) is 17.3. The Kier molecular flexibility index (Phi) is 4.34. The number of hydrogen-bond acceptors (Lipinski definition) is 2. The number of benzene rings is 3. The maximum absolute atomic E-state index is 13.4. The molecule has 2 atom stereocenters. The molecule has 1 fully saturated rings. The second-order valence-corrected chi connectivity index (χ2v) is 8.89. The standard InChI is InChI=1S/C27H25FN2O/c28-22-11-9-18(10-12-22)20-5-1-6-21(16-20)24-17-25(29-14-3-8-26(29)31)23-7-2-4-19-13-15-30(24)27(19)23/h1-2,4-7,9-12,16,24-25H,3,8,13-15,17H2. The molecular formula is C27H25FN2O. The van der Waals surface area contributed by atoms with Crippen molar-refractivity contribution in [2.45, 2.75) is 37.8 Å². The average molecular weight is 413 g/mol. The van der Waals surface area contributed by atoms with Crippen LogP contribution < -0.4 is 4.90 Å². The smallest absolute Gasteiger partial charge is 0.223 e. The van der Waals surface area contributed by atoms with Crippen LogP contribution in [-0.2, 0) is 11.2 Å². The molecule has 2 unspecified atom stereocenters. The predicted octanol–water partition coefficient (Wildman–Crippen LogP) is 5.66. The minimum Gasteiger partial charge on any atom is -0.364 e. The van der Waals surface area contributed by atoms with E-state index in [2.05, 4.69) is 52.3 Å². The number of carbonyl (C=O) groups is 1. The number of hydrogen-bond donors (Lipinski definition) is 0. The van der Waals surface area contributed by atoms with E-state index in [0.717, 1.165) is 43.5 Å². The number of carbonyl (C=O) groups excluding carboxylic acids is 1. The van der Waals surface area contributed by atoms with E-state index in [4.69, 9.17) is 0 Å². The third-order valence-corrected chi connectivity index (χ3v) is 7.18. The Morgan fingerprint density at radius 3 is 2.45 bits per heavy atom. The molecule has 0 spiro atoms. The van der Waals surface area contributed by atoms with Crippen LogP contribution in [0.1, 0.15) is 48.0 Å². The van der Waals surface area contributed by atoms with Crippen LogP contribution in [0, 0.1) is 5.82 Å². The predicted molar refractivity (Wildman–Crippen MR) is 120 cm³/mol. The van der Waals surface area contributed by atoms with Crippen molar-refractivity contribution in [2.24, 2.45) is 0 Å². The van der Waals surface area contributed by atoms with Crippen LogP contribution in [0.4, 0.5) is 10.1 Å². The summed E-state index contributed by atoms with van der Waals surface area (Å²) in [6.07, 6.45) is 3.59. The van der Waals surface area contributed by atoms with Gasteiger partial charge in [-0.15, -0.1) is 0 Å². The molecule has 0 saturated carbocycles. The maximum Gasteiger partial charge on any atom is 0.223 e. The highest BCUT2D eigenvalue weighted by molar-refractivity contribution is 5.80. The lowest BCUT2D eigenvalue weighted by molar-refractivity contribution is -0.130. The molecule has 3 heterocycles. The zero-order chi connectivity index (χ0) is 20.9. The monoisotopic (exact) mass is 412 g/mol. The molecule has 1 amide bonds. The largest absolute Gasteiger partial charge is 0.364 e. The van der Waals surface area contributed by atoms with Gasteiger partial charge in [0, 0.05) is 25.2 Å². The number of anilines is 1. The van der Waals surface area contributed by atoms with Gasteiger partial charge in [-0.1, -0.05) is 48.5 Å². The number of amides is 1. The Morgan fingerprint density at radius 2 is 1.65 bits per heavy atom. The van der Waals surface area contributed by atoms with Gasteiger partial charge in [-0.05, 0) is 65.3 Å². The Labute approximate surface area is 182 Å². The van der Waals surface area contributed by atoms with Crippen molar-refractivity contribution >= 4 is 11.6 Å². The summed E-state index contributed by atoms with van der Waals surface area (Å²) < 4.78 is 13.4. The first-order valence-electron chi connectivity index (χ1n) is 11.2. The highest BCUT2D eigenvalue weighted by Gasteiger charge is 2.41. The van der Waals surface area contributed by atoms with Crippen molar-refractivity contribution < 1.29 is 9.18 Å². The molecule has 0 radical (unpaired) electrons. The van der Waals surface area contributed by atoms with Crippen LogP contribution in [0.25, 0.3) is 11.1 Å². The summed E-state index contributed by atoms with van der Waals surface area (Å²) in [5.74, 6) is 0.0689. The van der Waals surface area contributed by atoms with Crippen LogP contribution in [0.15, 0.2) is 66.7 Å². The topological polar surface area (TPSA) is 23.6 Å². The molecule has 3 nitrogen and oxygen atoms in total. The molecule has 31 heavy (non-hydrogen) atoms. The summed E-state index contributed by atoms with van der Waals surface area (Å²) in [5.41, 5.74) is 7.44. The molecule has 6 rings (SSSR count). The molecule has 0 aliphatic carbocycles. The van der Waals surface area contributed by atoms with Gasteiger partial charge in [0.25, 0.3) is 0 Å². The lowest BCUT2D eigenvalue weighted by atomic mass is 9.86. The van der Waals surface area contributed by atoms with Crippen LogP contribution in [0.3, 0.4) is 0 Å². The third-order valence-electron chi connectivity index (χ3n) is 7.18. The van der Waals surface area contributed by atoms with Crippen molar-refractivity contribution in [3.63, 3.8) is 0 Å². The van der Waals surface area contributed by atoms with E-state index in [1.807, 2.05) is 12.1 Å². The molecule has 3 aliphatic heterocycles. The van der Waals surface area contributed by atoms with Gasteiger partial charge >= 0.3 is 0 Å². The van der Waals surface area contributed by atoms with Crippen LogP contribution in [0.5, 0.6) is 0 Å². The highest BCUT2D eigenvalue weighted by atomic mass is 19.1. The van der Waals surface area contributed by atoms with Gasteiger partial charge in [0.15, 0.2) is 0 Å². The average Bonchev–Trinajstić information content (AvgIpc) is 3.42. The molecule has 156 valence electrons. The molecule has 0 bridgehead atoms. The van der Waals surface area contributed by atoms with Crippen molar-refractivity contribution in [3.05, 3.63) is 89.2 Å². The normalized spacial score (nSPS) is 22.2. The number of halogens is 1. The van der Waals surface area contributed by atoms with E-state index >= 15 is 0 Å². The van der Waals surface area contributed by atoms with E-state index < -0.39 is 0 Å². The quantitative estimate of drug-likeness (QED) is 0.554. The SMILES string of the molecule is O=C1CCCN1C1CC(c2cccc(-c3ccc(F)cc3)c2)N2CCc3cccc1c32. The highest BCUT2D eigenvalue weighted by Crippen LogP contribution is 2.51. The molecule has 4 heteroatoms. The Balaban J connectivity index is 1.43. The van der Waals surface area contributed by atoms with Crippen LogP contribution >= 0.6 is 0 Å². The summed E-state index contributed by atoms with van der Waals surface area (Å²) in [6.45, 7) is 1.87. The maximum atomic E-state index is 13.4. The summed E-state index contributed by atoms with van der Waals surface area (Å²) in [5, 5.41) is 0. The first kappa shape index (κ1) is 18.6. The van der Waals surface area contributed by atoms with Gasteiger partial charge in [0.2, 0.25) is 5.91 Å². The van der Waals surface area contributed by atoms with Crippen molar-refractivity contribution in [3.8, 4) is 11.1 Å². The van der Waals surface area contributed by atoms with E-state index in [-0.39, 0.29) is 23.8 Å². The van der Waals surface area contributed by atoms with Crippen molar-refractivity contribution in [2.75, 3.05) is 18.0 Å². The fourth-order valence-corrected chi connectivity index (χ4v) is 5.74. The number of nitrogens with zero attached hydrogens (tertiary/aromatic N) is 2. The zero-order valence-electron chi connectivity index (χ0n) is 17.4. The van der Waals surface area contributed by atoms with Gasteiger partial charge in [-0.3, -0.25) is 4.79 Å². The van der Waals surface area contributed by atoms with Crippen molar-refractivity contribution in [1.29, 1.82) is 0 Å². The molecule has 0 N–H and O–H groups in total. The lowest BCUT2D eigenvalue weighted by Gasteiger charge is -2.43. The summed E-state index contributed by atoms with van der Waals surface area (Å²) >= 11 is 0. The van der Waals surface area contributed by atoms with Gasteiger partial charge in [-0.2, -0.15) is 0 Å². The van der Waals surface area contributed by atoms with Crippen LogP contribution in [-0.4, -0.2) is 23.9 Å². The molecule has 3 aliphatic rings. The Bertz CT molecular complexity index is 1160. The van der Waals surface area contributed by atoms with Gasteiger partial charge < -0.3 is 9.80 Å². The fraction of sp³-hybridized carbons (Fsp3) is 0.296. The molecule has 3 aromatic rings. The lowest BCUT2D eigenvalue weighted by Crippen LogP contribution is -2.39. The first-order valence-corrected chi connectivity index (χ1v) is 11.2. The number of likely N-dealkylation sites (tertiary alicyclic amines) is 1. The summed E-state index contributed by atoms with van der Waals surface area (Å²) in [6, 6.07) is 22.3. The number of rotatable bonds is 3. The second-order valence-electron chi connectivity index (χ2n) is 8.89. The molecular weight excluding hydrogens is 387 g/mol. The first-order chi connectivity index (χ1) is 15.2. The zero-order valence-corrected chi connectivity index (χ0v) is 17.4. The number of para-hydroxylation sites is 1. The van der Waals surface area contributed by atoms with E-state index in [1.165, 1.54) is 34.5 Å². The third kappa shape index (κ3) is 3.04. The molecule has 0 aromatic heterocycles. The minimum atomic E-state index is -0.216. The summed E-state index contributed by atoms with van der Waals surface area (Å²) in [7, 11) is 0. The second kappa shape index (κ2) is 7.23. The van der Waals surface area contributed by atoms with Crippen molar-refractivity contribution in [1.82, 2.24) is 4.90 Å². The van der Waals surface area contributed by atoms with E-state index in [1.54, 1.807) is 0 Å². The molecule has 1 saturated heterocycles. The van der Waals surface area contributed by atoms with Gasteiger partial charge in [-0.25, -0.2) is 4.39 Å². The van der Waals surface area contributed by atoms with Crippen LogP contribution in [0.2, 0.25) is 0 Å². The van der Waals surface area contributed by atoms with E-state index in [9.17, 15) is 9.18 Å². The Hall–Kier alpha value is -3.14. The molecule has 3 aromatic carbocycles.